The number of carbonyl (C=O) groups is 1. The number of hydrogen-bond acceptors (Lipinski definition) is 4. The first-order valence-corrected chi connectivity index (χ1v) is 10.8. The topological polar surface area (TPSA) is 47.4 Å². The number of para-hydroxylation sites is 2. The van der Waals surface area contributed by atoms with E-state index in [9.17, 15) is 4.79 Å². The summed E-state index contributed by atoms with van der Waals surface area (Å²) in [7, 11) is 2.03. The van der Waals surface area contributed by atoms with Gasteiger partial charge in [0.1, 0.15) is 6.10 Å². The van der Waals surface area contributed by atoms with Crippen LogP contribution in [0.4, 0.5) is 0 Å². The number of amides is 1. The van der Waals surface area contributed by atoms with Crippen LogP contribution < -0.4 is 4.74 Å². The van der Waals surface area contributed by atoms with Gasteiger partial charge in [0, 0.05) is 50.1 Å². The molecule has 0 atom stereocenters. The van der Waals surface area contributed by atoms with E-state index < -0.39 is 0 Å². The van der Waals surface area contributed by atoms with E-state index in [-0.39, 0.29) is 12.0 Å². The average Bonchev–Trinajstić information content (AvgIpc) is 3.29. The van der Waals surface area contributed by atoms with E-state index in [1.807, 2.05) is 42.3 Å². The summed E-state index contributed by atoms with van der Waals surface area (Å²) < 4.78 is 9.35. The Balaban J connectivity index is 1.20. The second kappa shape index (κ2) is 7.52. The van der Waals surface area contributed by atoms with Crippen LogP contribution in [0.25, 0.3) is 21.1 Å². The third-order valence-electron chi connectivity index (χ3n) is 5.66. The molecule has 1 fully saturated rings. The van der Waals surface area contributed by atoms with Crippen LogP contribution in [0, 0.1) is 0 Å². The quantitative estimate of drug-likeness (QED) is 0.506. The SMILES string of the molecule is Cn1cc(CC(=O)N2CCC(Oc3nc4ccccc4s3)CC2)c2ccccc21. The molecule has 2 aromatic carbocycles. The number of rotatable bonds is 4. The number of hydrogen-bond donors (Lipinski definition) is 0. The van der Waals surface area contributed by atoms with Crippen molar-refractivity contribution in [3.05, 3.63) is 60.3 Å². The molecule has 0 saturated carbocycles. The van der Waals surface area contributed by atoms with Crippen molar-refractivity contribution in [3.8, 4) is 5.19 Å². The monoisotopic (exact) mass is 405 g/mol. The fraction of sp³-hybridized carbons (Fsp3) is 0.304. The third-order valence-corrected chi connectivity index (χ3v) is 6.58. The van der Waals surface area contributed by atoms with Crippen molar-refractivity contribution >= 4 is 38.4 Å². The number of aryl methyl sites for hydroxylation is 1. The van der Waals surface area contributed by atoms with Crippen molar-refractivity contribution < 1.29 is 9.53 Å². The number of likely N-dealkylation sites (tertiary alicyclic amines) is 1. The number of thiazole rings is 1. The summed E-state index contributed by atoms with van der Waals surface area (Å²) in [6, 6.07) is 16.3. The lowest BCUT2D eigenvalue weighted by atomic mass is 10.1. The summed E-state index contributed by atoms with van der Waals surface area (Å²) in [5.74, 6) is 0.194. The van der Waals surface area contributed by atoms with E-state index in [1.165, 1.54) is 5.52 Å². The van der Waals surface area contributed by atoms with Gasteiger partial charge >= 0.3 is 0 Å². The molecular weight excluding hydrogens is 382 g/mol. The van der Waals surface area contributed by atoms with Crippen molar-refractivity contribution in [1.82, 2.24) is 14.5 Å². The van der Waals surface area contributed by atoms with Crippen LogP contribution in [0.15, 0.2) is 54.7 Å². The number of nitrogens with zero attached hydrogens (tertiary/aromatic N) is 3. The lowest BCUT2D eigenvalue weighted by Crippen LogP contribution is -2.42. The molecule has 4 aromatic rings. The van der Waals surface area contributed by atoms with Gasteiger partial charge in [0.2, 0.25) is 5.91 Å². The lowest BCUT2D eigenvalue weighted by molar-refractivity contribution is -0.132. The minimum absolute atomic E-state index is 0.122. The fourth-order valence-corrected chi connectivity index (χ4v) is 4.99. The van der Waals surface area contributed by atoms with Gasteiger partial charge in [-0.1, -0.05) is 41.7 Å². The van der Waals surface area contributed by atoms with Gasteiger partial charge in [0.15, 0.2) is 0 Å². The minimum Gasteiger partial charge on any atom is -0.467 e. The Bertz CT molecular complexity index is 1140. The zero-order valence-electron chi connectivity index (χ0n) is 16.4. The van der Waals surface area contributed by atoms with Crippen molar-refractivity contribution in [2.45, 2.75) is 25.4 Å². The highest BCUT2D eigenvalue weighted by molar-refractivity contribution is 7.20. The summed E-state index contributed by atoms with van der Waals surface area (Å²) in [6.07, 6.45) is 4.34. The summed E-state index contributed by atoms with van der Waals surface area (Å²) in [5, 5.41) is 1.89. The predicted molar refractivity (Wildman–Crippen MR) is 116 cm³/mol. The smallest absolute Gasteiger partial charge is 0.274 e. The molecular formula is C23H23N3O2S. The Morgan fingerprint density at radius 3 is 2.72 bits per heavy atom. The summed E-state index contributed by atoms with van der Waals surface area (Å²) in [5.41, 5.74) is 3.24. The second-order valence-electron chi connectivity index (χ2n) is 7.60. The largest absolute Gasteiger partial charge is 0.467 e. The van der Waals surface area contributed by atoms with Crippen LogP contribution in [0.5, 0.6) is 5.19 Å². The molecule has 0 radical (unpaired) electrons. The number of fused-ring (bicyclic) bond motifs is 2. The first-order chi connectivity index (χ1) is 14.2. The Kier molecular flexibility index (Phi) is 4.72. The minimum atomic E-state index is 0.122. The van der Waals surface area contributed by atoms with Crippen molar-refractivity contribution in [1.29, 1.82) is 0 Å². The third kappa shape index (κ3) is 3.60. The summed E-state index contributed by atoms with van der Waals surface area (Å²) >= 11 is 1.59. The molecule has 1 aliphatic rings. The van der Waals surface area contributed by atoms with E-state index in [2.05, 4.69) is 33.9 Å². The maximum absolute atomic E-state index is 12.9. The molecule has 1 amide bonds. The summed E-state index contributed by atoms with van der Waals surface area (Å²) in [4.78, 5) is 19.4. The Hall–Kier alpha value is -2.86. The number of benzene rings is 2. The maximum Gasteiger partial charge on any atom is 0.274 e. The van der Waals surface area contributed by atoms with Gasteiger partial charge in [0.05, 0.1) is 16.6 Å². The van der Waals surface area contributed by atoms with Crippen LogP contribution in [0.2, 0.25) is 0 Å². The molecule has 0 spiro atoms. The van der Waals surface area contributed by atoms with Gasteiger partial charge in [-0.05, 0) is 23.8 Å². The van der Waals surface area contributed by atoms with Gasteiger partial charge in [-0.15, -0.1) is 0 Å². The molecule has 1 saturated heterocycles. The molecule has 1 aliphatic heterocycles. The van der Waals surface area contributed by atoms with Crippen molar-refractivity contribution in [2.24, 2.45) is 7.05 Å². The molecule has 0 aliphatic carbocycles. The zero-order valence-corrected chi connectivity index (χ0v) is 17.2. The van der Waals surface area contributed by atoms with Crippen LogP contribution in [-0.4, -0.2) is 39.6 Å². The number of carbonyl (C=O) groups excluding carboxylic acids is 1. The van der Waals surface area contributed by atoms with Gasteiger partial charge in [-0.25, -0.2) is 4.98 Å². The molecule has 2 aromatic heterocycles. The molecule has 5 nitrogen and oxygen atoms in total. The molecule has 148 valence electrons. The highest BCUT2D eigenvalue weighted by atomic mass is 32.1. The molecule has 0 N–H and O–H groups in total. The Labute approximate surface area is 173 Å². The second-order valence-corrected chi connectivity index (χ2v) is 8.60. The average molecular weight is 406 g/mol. The van der Waals surface area contributed by atoms with Crippen LogP contribution in [0.1, 0.15) is 18.4 Å². The molecule has 0 bridgehead atoms. The molecule has 3 heterocycles. The predicted octanol–water partition coefficient (Wildman–Crippen LogP) is 4.40. The lowest BCUT2D eigenvalue weighted by Gasteiger charge is -2.31. The van der Waals surface area contributed by atoms with Crippen LogP contribution in [-0.2, 0) is 18.3 Å². The standard InChI is InChI=1S/C23H23N3O2S/c1-25-15-16(18-6-2-4-8-20(18)25)14-22(27)26-12-10-17(11-13-26)28-23-24-19-7-3-5-9-21(19)29-23/h2-9,15,17H,10-14H2,1H3. The van der Waals surface area contributed by atoms with Gasteiger partial charge in [-0.2, -0.15) is 0 Å². The molecule has 5 rings (SSSR count). The van der Waals surface area contributed by atoms with Crippen molar-refractivity contribution in [2.75, 3.05) is 13.1 Å². The van der Waals surface area contributed by atoms with Gasteiger partial charge in [-0.3, -0.25) is 4.79 Å². The fourth-order valence-electron chi connectivity index (χ4n) is 4.11. The van der Waals surface area contributed by atoms with E-state index in [4.69, 9.17) is 4.74 Å². The highest BCUT2D eigenvalue weighted by Crippen LogP contribution is 2.29. The van der Waals surface area contributed by atoms with E-state index in [0.29, 0.717) is 6.42 Å². The molecule has 29 heavy (non-hydrogen) atoms. The van der Waals surface area contributed by atoms with E-state index in [0.717, 1.165) is 52.3 Å². The molecule has 0 unspecified atom stereocenters. The van der Waals surface area contributed by atoms with E-state index >= 15 is 0 Å². The van der Waals surface area contributed by atoms with Crippen LogP contribution in [0.3, 0.4) is 0 Å². The zero-order chi connectivity index (χ0) is 19.8. The van der Waals surface area contributed by atoms with E-state index in [1.54, 1.807) is 11.3 Å². The molecule has 6 heteroatoms. The number of ether oxygens (including phenoxy) is 1. The van der Waals surface area contributed by atoms with Gasteiger partial charge in [0.25, 0.3) is 5.19 Å². The Morgan fingerprint density at radius 2 is 1.90 bits per heavy atom. The number of piperidine rings is 1. The first kappa shape index (κ1) is 18.2. The summed E-state index contributed by atoms with van der Waals surface area (Å²) in [6.45, 7) is 1.47. The Morgan fingerprint density at radius 1 is 1.14 bits per heavy atom. The van der Waals surface area contributed by atoms with Gasteiger partial charge < -0.3 is 14.2 Å². The maximum atomic E-state index is 12.9. The first-order valence-electron chi connectivity index (χ1n) is 10.0. The normalized spacial score (nSPS) is 15.3. The van der Waals surface area contributed by atoms with Crippen molar-refractivity contribution in [3.63, 3.8) is 0 Å². The number of aromatic nitrogens is 2. The van der Waals surface area contributed by atoms with Crippen LogP contribution >= 0.6 is 11.3 Å². The highest BCUT2D eigenvalue weighted by Gasteiger charge is 2.25.